The molecule has 25 heavy (non-hydrogen) atoms. The predicted molar refractivity (Wildman–Crippen MR) is 99.3 cm³/mol. The van der Waals surface area contributed by atoms with Crippen molar-refractivity contribution in [3.63, 3.8) is 0 Å². The number of amides is 1. The summed E-state index contributed by atoms with van der Waals surface area (Å²) in [6.45, 7) is 3.80. The number of hydrogen-bond donors (Lipinski definition) is 1. The molecule has 1 amide bonds. The van der Waals surface area contributed by atoms with Gasteiger partial charge in [-0.15, -0.1) is 0 Å². The summed E-state index contributed by atoms with van der Waals surface area (Å²) < 4.78 is 0. The molecular formula is C22H31NO2. The van der Waals surface area contributed by atoms with Gasteiger partial charge in [0.15, 0.2) is 0 Å². The maximum atomic E-state index is 12.4. The smallest absolute Gasteiger partial charge is 0.228 e. The average Bonchev–Trinajstić information content (AvgIpc) is 3.35. The fraction of sp³-hybridized carbons (Fsp3) is 0.682. The van der Waals surface area contributed by atoms with E-state index >= 15 is 0 Å². The van der Waals surface area contributed by atoms with Gasteiger partial charge in [0.25, 0.3) is 0 Å². The van der Waals surface area contributed by atoms with Crippen molar-refractivity contribution in [3.8, 4) is 0 Å². The van der Waals surface area contributed by atoms with Crippen molar-refractivity contribution < 1.29 is 9.90 Å². The minimum atomic E-state index is -0.195. The van der Waals surface area contributed by atoms with Crippen LogP contribution in [0.3, 0.4) is 0 Å². The Morgan fingerprint density at radius 2 is 2.12 bits per heavy atom. The summed E-state index contributed by atoms with van der Waals surface area (Å²) in [5, 5.41) is 9.35. The molecule has 2 saturated carbocycles. The van der Waals surface area contributed by atoms with Crippen LogP contribution in [0, 0.1) is 17.3 Å². The van der Waals surface area contributed by atoms with Gasteiger partial charge in [-0.25, -0.2) is 0 Å². The minimum absolute atomic E-state index is 0.0151. The second-order valence-electron chi connectivity index (χ2n) is 8.81. The Kier molecular flexibility index (Phi) is 4.61. The second kappa shape index (κ2) is 6.75. The molecule has 2 aliphatic carbocycles. The Balaban J connectivity index is 1.31. The van der Waals surface area contributed by atoms with E-state index in [9.17, 15) is 9.90 Å². The van der Waals surface area contributed by atoms with E-state index in [0.29, 0.717) is 5.41 Å². The first-order chi connectivity index (χ1) is 12.1. The van der Waals surface area contributed by atoms with E-state index in [2.05, 4.69) is 24.3 Å². The van der Waals surface area contributed by atoms with E-state index in [-0.39, 0.29) is 18.4 Å². The van der Waals surface area contributed by atoms with Crippen molar-refractivity contribution in [3.05, 3.63) is 35.4 Å². The van der Waals surface area contributed by atoms with Crippen LogP contribution in [-0.2, 0) is 11.2 Å². The molecule has 0 bridgehead atoms. The first-order valence-electron chi connectivity index (χ1n) is 10.1. The Morgan fingerprint density at radius 3 is 2.80 bits per heavy atom. The van der Waals surface area contributed by atoms with Crippen molar-refractivity contribution in [1.82, 2.24) is 4.90 Å². The van der Waals surface area contributed by atoms with Gasteiger partial charge in [0.2, 0.25) is 5.91 Å². The van der Waals surface area contributed by atoms with Crippen LogP contribution < -0.4 is 0 Å². The minimum Gasteiger partial charge on any atom is -0.396 e. The molecule has 2 atom stereocenters. The Bertz CT molecular complexity index is 627. The van der Waals surface area contributed by atoms with E-state index < -0.39 is 0 Å². The van der Waals surface area contributed by atoms with Crippen LogP contribution in [0.25, 0.3) is 0 Å². The molecule has 136 valence electrons. The van der Waals surface area contributed by atoms with Gasteiger partial charge in [0.05, 0.1) is 12.5 Å². The van der Waals surface area contributed by atoms with Gasteiger partial charge < -0.3 is 10.0 Å². The highest BCUT2D eigenvalue weighted by molar-refractivity contribution is 5.80. The van der Waals surface area contributed by atoms with E-state index in [1.165, 1.54) is 44.1 Å². The van der Waals surface area contributed by atoms with Crippen LogP contribution in [-0.4, -0.2) is 35.6 Å². The summed E-state index contributed by atoms with van der Waals surface area (Å²) in [4.78, 5) is 14.4. The lowest BCUT2D eigenvalue weighted by atomic mass is 9.76. The Labute approximate surface area is 151 Å². The lowest BCUT2D eigenvalue weighted by Crippen LogP contribution is -2.59. The highest BCUT2D eigenvalue weighted by Crippen LogP contribution is 2.49. The van der Waals surface area contributed by atoms with Crippen LogP contribution in [0.5, 0.6) is 0 Å². The summed E-state index contributed by atoms with van der Waals surface area (Å²) in [6, 6.07) is 9.25. The number of benzene rings is 1. The zero-order chi connectivity index (χ0) is 17.4. The van der Waals surface area contributed by atoms with Gasteiger partial charge in [-0.1, -0.05) is 31.2 Å². The Morgan fingerprint density at radius 1 is 1.32 bits per heavy atom. The van der Waals surface area contributed by atoms with Gasteiger partial charge >= 0.3 is 0 Å². The third kappa shape index (κ3) is 3.48. The van der Waals surface area contributed by atoms with Crippen molar-refractivity contribution >= 4 is 5.91 Å². The molecule has 1 N–H and O–H groups in total. The van der Waals surface area contributed by atoms with E-state index in [4.69, 9.17) is 0 Å². The number of rotatable bonds is 6. The quantitative estimate of drug-likeness (QED) is 0.856. The monoisotopic (exact) mass is 341 g/mol. The third-order valence-electron chi connectivity index (χ3n) is 6.76. The fourth-order valence-electron chi connectivity index (χ4n) is 5.07. The molecular weight excluding hydrogens is 310 g/mol. The third-order valence-corrected chi connectivity index (χ3v) is 6.76. The zero-order valence-corrected chi connectivity index (χ0v) is 15.4. The topological polar surface area (TPSA) is 40.5 Å². The first kappa shape index (κ1) is 17.1. The van der Waals surface area contributed by atoms with Crippen LogP contribution in [0.1, 0.15) is 62.5 Å². The first-order valence-corrected chi connectivity index (χ1v) is 10.1. The van der Waals surface area contributed by atoms with E-state index in [0.717, 1.165) is 31.3 Å². The molecule has 1 aliphatic heterocycles. The lowest BCUT2D eigenvalue weighted by molar-refractivity contribution is -0.149. The molecule has 1 aromatic carbocycles. The van der Waals surface area contributed by atoms with Gasteiger partial charge in [0, 0.05) is 18.5 Å². The molecule has 1 heterocycles. The number of likely N-dealkylation sites (tertiary alicyclic amines) is 1. The second-order valence-corrected chi connectivity index (χ2v) is 8.81. The molecule has 3 nitrogen and oxygen atoms in total. The van der Waals surface area contributed by atoms with Gasteiger partial charge in [0.1, 0.15) is 0 Å². The maximum Gasteiger partial charge on any atom is 0.228 e. The normalized spacial score (nSPS) is 25.8. The van der Waals surface area contributed by atoms with Gasteiger partial charge in [-0.3, -0.25) is 4.79 Å². The largest absolute Gasteiger partial charge is 0.396 e. The number of nitrogens with zero attached hydrogens (tertiary/aromatic N) is 1. The van der Waals surface area contributed by atoms with Crippen molar-refractivity contribution in [2.24, 2.45) is 17.3 Å². The standard InChI is InChI=1S/C22H31NO2/c1-2-18(13-24)21(25)23-14-22(15-23)9-8-17(12-22)10-16-4-3-5-20(11-16)19-6-7-19/h3-5,11,17-19,24H,2,6-10,12-15H2,1H3/t17?,18-/m1/s1. The van der Waals surface area contributed by atoms with E-state index in [1.54, 1.807) is 5.56 Å². The van der Waals surface area contributed by atoms with Gasteiger partial charge in [-0.2, -0.15) is 0 Å². The summed E-state index contributed by atoms with van der Waals surface area (Å²) in [5.74, 6) is 1.57. The van der Waals surface area contributed by atoms with Crippen LogP contribution in [0.2, 0.25) is 0 Å². The molecule has 0 aromatic heterocycles. The van der Waals surface area contributed by atoms with Gasteiger partial charge in [-0.05, 0) is 67.9 Å². The highest BCUT2D eigenvalue weighted by atomic mass is 16.3. The maximum absolute atomic E-state index is 12.4. The number of carbonyl (C=O) groups is 1. The molecule has 3 fully saturated rings. The molecule has 1 spiro atoms. The summed E-state index contributed by atoms with van der Waals surface area (Å²) in [6.07, 6.45) is 8.50. The summed E-state index contributed by atoms with van der Waals surface area (Å²) >= 11 is 0. The molecule has 3 aliphatic rings. The van der Waals surface area contributed by atoms with Crippen molar-refractivity contribution in [2.45, 2.75) is 57.8 Å². The summed E-state index contributed by atoms with van der Waals surface area (Å²) in [7, 11) is 0. The molecule has 1 aromatic rings. The van der Waals surface area contributed by atoms with Crippen LogP contribution >= 0.6 is 0 Å². The molecule has 1 saturated heterocycles. The number of hydrogen-bond acceptors (Lipinski definition) is 2. The van der Waals surface area contributed by atoms with Crippen molar-refractivity contribution in [1.29, 1.82) is 0 Å². The molecule has 0 radical (unpaired) electrons. The number of aliphatic hydroxyl groups is 1. The lowest BCUT2D eigenvalue weighted by Gasteiger charge is -2.49. The number of carbonyl (C=O) groups excluding carboxylic acids is 1. The number of aliphatic hydroxyl groups excluding tert-OH is 1. The van der Waals surface area contributed by atoms with E-state index in [1.807, 2.05) is 11.8 Å². The predicted octanol–water partition coefficient (Wildman–Crippen LogP) is 3.75. The molecule has 3 heteroatoms. The van der Waals surface area contributed by atoms with Crippen molar-refractivity contribution in [2.75, 3.05) is 19.7 Å². The fourth-order valence-corrected chi connectivity index (χ4v) is 5.07. The average molecular weight is 341 g/mol. The molecule has 4 rings (SSSR count). The SMILES string of the molecule is CC[C@H](CO)C(=O)N1CC2(CCC(Cc3cccc(C4CC4)c3)C2)C1. The highest BCUT2D eigenvalue weighted by Gasteiger charge is 2.50. The summed E-state index contributed by atoms with van der Waals surface area (Å²) in [5.41, 5.74) is 3.42. The van der Waals surface area contributed by atoms with Crippen LogP contribution in [0.15, 0.2) is 24.3 Å². The zero-order valence-electron chi connectivity index (χ0n) is 15.4. The van der Waals surface area contributed by atoms with Crippen LogP contribution in [0.4, 0.5) is 0 Å². The molecule has 1 unspecified atom stereocenters. The Hall–Kier alpha value is -1.35.